The van der Waals surface area contributed by atoms with Crippen LogP contribution in [0.1, 0.15) is 17.5 Å². The molecule has 0 spiro atoms. The standard InChI is InChI=1S/C12H15NO/c1-10-4-2-5-11(8-10)9-12(14)13-6-3-7-13/h2,4-5,8H,3,6-7,9H2,1H3. The highest BCUT2D eigenvalue weighted by atomic mass is 16.2. The Labute approximate surface area is 84.5 Å². The first-order valence-electron chi connectivity index (χ1n) is 5.09. The van der Waals surface area contributed by atoms with Crippen molar-refractivity contribution < 1.29 is 4.79 Å². The zero-order chi connectivity index (χ0) is 9.97. The Hall–Kier alpha value is -1.31. The second-order valence-electron chi connectivity index (χ2n) is 3.90. The van der Waals surface area contributed by atoms with Crippen LogP contribution in [0.2, 0.25) is 0 Å². The Morgan fingerprint density at radius 1 is 1.43 bits per heavy atom. The smallest absolute Gasteiger partial charge is 0.226 e. The average molecular weight is 189 g/mol. The molecule has 1 aliphatic heterocycles. The normalized spacial score (nSPS) is 15.1. The van der Waals surface area contributed by atoms with Crippen molar-refractivity contribution in [3.05, 3.63) is 35.4 Å². The summed E-state index contributed by atoms with van der Waals surface area (Å²) in [6.45, 7) is 3.95. The number of nitrogens with zero attached hydrogens (tertiary/aromatic N) is 1. The summed E-state index contributed by atoms with van der Waals surface area (Å²) in [5, 5.41) is 0. The summed E-state index contributed by atoms with van der Waals surface area (Å²) in [7, 11) is 0. The zero-order valence-corrected chi connectivity index (χ0v) is 8.49. The van der Waals surface area contributed by atoms with Crippen molar-refractivity contribution in [2.45, 2.75) is 19.8 Å². The number of carbonyl (C=O) groups is 1. The van der Waals surface area contributed by atoms with Gasteiger partial charge in [0.15, 0.2) is 0 Å². The molecule has 0 atom stereocenters. The van der Waals surface area contributed by atoms with E-state index in [0.717, 1.165) is 18.7 Å². The number of aryl methyl sites for hydroxylation is 1. The first-order valence-corrected chi connectivity index (χ1v) is 5.09. The van der Waals surface area contributed by atoms with Crippen LogP contribution in [0, 0.1) is 6.92 Å². The van der Waals surface area contributed by atoms with E-state index in [0.29, 0.717) is 6.42 Å². The second kappa shape index (κ2) is 3.82. The number of rotatable bonds is 2. The van der Waals surface area contributed by atoms with Gasteiger partial charge in [-0.3, -0.25) is 4.79 Å². The second-order valence-corrected chi connectivity index (χ2v) is 3.90. The third-order valence-electron chi connectivity index (χ3n) is 2.65. The lowest BCUT2D eigenvalue weighted by molar-refractivity contribution is -0.133. The number of benzene rings is 1. The summed E-state index contributed by atoms with van der Waals surface area (Å²) in [4.78, 5) is 13.6. The third-order valence-corrected chi connectivity index (χ3v) is 2.65. The van der Waals surface area contributed by atoms with Gasteiger partial charge in [0.05, 0.1) is 6.42 Å². The molecule has 74 valence electrons. The monoisotopic (exact) mass is 189 g/mol. The third kappa shape index (κ3) is 1.95. The minimum Gasteiger partial charge on any atom is -0.342 e. The number of amides is 1. The van der Waals surface area contributed by atoms with Crippen LogP contribution in [-0.2, 0) is 11.2 Å². The van der Waals surface area contributed by atoms with Crippen LogP contribution in [0.15, 0.2) is 24.3 Å². The van der Waals surface area contributed by atoms with Gasteiger partial charge >= 0.3 is 0 Å². The Morgan fingerprint density at radius 2 is 2.21 bits per heavy atom. The van der Waals surface area contributed by atoms with Gasteiger partial charge in [0.1, 0.15) is 0 Å². The van der Waals surface area contributed by atoms with Crippen molar-refractivity contribution in [3.63, 3.8) is 0 Å². The van der Waals surface area contributed by atoms with Gasteiger partial charge in [-0.05, 0) is 18.9 Å². The summed E-state index contributed by atoms with van der Waals surface area (Å²) < 4.78 is 0. The first kappa shape index (κ1) is 9.25. The quantitative estimate of drug-likeness (QED) is 0.694. The van der Waals surface area contributed by atoms with Gasteiger partial charge in [-0.25, -0.2) is 0 Å². The van der Waals surface area contributed by atoms with Crippen molar-refractivity contribution in [1.29, 1.82) is 0 Å². The summed E-state index contributed by atoms with van der Waals surface area (Å²) in [6.07, 6.45) is 1.72. The molecule has 1 aromatic rings. The zero-order valence-electron chi connectivity index (χ0n) is 8.49. The molecule has 0 bridgehead atoms. The summed E-state index contributed by atoms with van der Waals surface area (Å²) in [5.41, 5.74) is 2.35. The fourth-order valence-electron chi connectivity index (χ4n) is 1.67. The maximum Gasteiger partial charge on any atom is 0.226 e. The molecule has 0 aromatic heterocycles. The van der Waals surface area contributed by atoms with Gasteiger partial charge in [-0.1, -0.05) is 29.8 Å². The molecule has 0 radical (unpaired) electrons. The summed E-state index contributed by atoms with van der Waals surface area (Å²) >= 11 is 0. The predicted molar refractivity (Wildman–Crippen MR) is 56.1 cm³/mol. The van der Waals surface area contributed by atoms with Gasteiger partial charge in [0.2, 0.25) is 5.91 Å². The minimum atomic E-state index is 0.266. The van der Waals surface area contributed by atoms with Gasteiger partial charge in [0.25, 0.3) is 0 Å². The van der Waals surface area contributed by atoms with E-state index in [4.69, 9.17) is 0 Å². The van der Waals surface area contributed by atoms with E-state index in [-0.39, 0.29) is 5.91 Å². The van der Waals surface area contributed by atoms with E-state index >= 15 is 0 Å². The molecule has 0 unspecified atom stereocenters. The molecule has 0 aliphatic carbocycles. The molecular weight excluding hydrogens is 174 g/mol. The predicted octanol–water partition coefficient (Wildman–Crippen LogP) is 1.77. The highest BCUT2D eigenvalue weighted by Gasteiger charge is 2.19. The van der Waals surface area contributed by atoms with E-state index in [1.165, 1.54) is 12.0 Å². The average Bonchev–Trinajstić information content (AvgIpc) is 1.99. The summed E-state index contributed by atoms with van der Waals surface area (Å²) in [5.74, 6) is 0.266. The van der Waals surface area contributed by atoms with Gasteiger partial charge in [-0.15, -0.1) is 0 Å². The number of hydrogen-bond donors (Lipinski definition) is 0. The van der Waals surface area contributed by atoms with Crippen LogP contribution < -0.4 is 0 Å². The molecule has 1 aromatic carbocycles. The largest absolute Gasteiger partial charge is 0.342 e. The van der Waals surface area contributed by atoms with Crippen LogP contribution in [0.4, 0.5) is 0 Å². The van der Waals surface area contributed by atoms with Crippen molar-refractivity contribution in [2.24, 2.45) is 0 Å². The first-order chi connectivity index (χ1) is 6.75. The molecular formula is C12H15NO. The van der Waals surface area contributed by atoms with Crippen molar-refractivity contribution in [2.75, 3.05) is 13.1 Å². The highest BCUT2D eigenvalue weighted by Crippen LogP contribution is 2.11. The lowest BCUT2D eigenvalue weighted by Crippen LogP contribution is -2.42. The molecule has 14 heavy (non-hydrogen) atoms. The maximum absolute atomic E-state index is 11.6. The molecule has 2 nitrogen and oxygen atoms in total. The van der Waals surface area contributed by atoms with E-state index < -0.39 is 0 Å². The van der Waals surface area contributed by atoms with E-state index in [1.54, 1.807) is 0 Å². The molecule has 1 fully saturated rings. The van der Waals surface area contributed by atoms with Crippen LogP contribution in [0.25, 0.3) is 0 Å². The van der Waals surface area contributed by atoms with Crippen LogP contribution in [0.5, 0.6) is 0 Å². The van der Waals surface area contributed by atoms with Crippen LogP contribution in [-0.4, -0.2) is 23.9 Å². The molecule has 1 amide bonds. The Kier molecular flexibility index (Phi) is 2.53. The molecule has 0 N–H and O–H groups in total. The molecule has 1 saturated heterocycles. The fraction of sp³-hybridized carbons (Fsp3) is 0.417. The molecule has 2 rings (SSSR count). The Bertz CT molecular complexity index is 342. The maximum atomic E-state index is 11.6. The van der Waals surface area contributed by atoms with Crippen molar-refractivity contribution >= 4 is 5.91 Å². The van der Waals surface area contributed by atoms with E-state index in [1.807, 2.05) is 17.0 Å². The number of likely N-dealkylation sites (tertiary alicyclic amines) is 1. The topological polar surface area (TPSA) is 20.3 Å². The highest BCUT2D eigenvalue weighted by molar-refractivity contribution is 5.79. The van der Waals surface area contributed by atoms with Gasteiger partial charge in [-0.2, -0.15) is 0 Å². The van der Waals surface area contributed by atoms with Gasteiger partial charge in [0, 0.05) is 13.1 Å². The van der Waals surface area contributed by atoms with Crippen LogP contribution in [0.3, 0.4) is 0 Å². The number of hydrogen-bond acceptors (Lipinski definition) is 1. The lowest BCUT2D eigenvalue weighted by Gasteiger charge is -2.30. The minimum absolute atomic E-state index is 0.266. The Morgan fingerprint density at radius 3 is 2.79 bits per heavy atom. The lowest BCUT2D eigenvalue weighted by atomic mass is 10.1. The van der Waals surface area contributed by atoms with Crippen molar-refractivity contribution in [3.8, 4) is 0 Å². The SMILES string of the molecule is Cc1cccc(CC(=O)N2CCC2)c1. The fourth-order valence-corrected chi connectivity index (χ4v) is 1.67. The van der Waals surface area contributed by atoms with E-state index in [9.17, 15) is 4.79 Å². The summed E-state index contributed by atoms with van der Waals surface area (Å²) in [6, 6.07) is 8.16. The van der Waals surface area contributed by atoms with E-state index in [2.05, 4.69) is 19.1 Å². The van der Waals surface area contributed by atoms with Crippen molar-refractivity contribution in [1.82, 2.24) is 4.90 Å². The molecule has 1 aliphatic rings. The van der Waals surface area contributed by atoms with Gasteiger partial charge < -0.3 is 4.90 Å². The molecule has 1 heterocycles. The Balaban J connectivity index is 1.99. The number of carbonyl (C=O) groups excluding carboxylic acids is 1. The molecule has 0 saturated carbocycles. The van der Waals surface area contributed by atoms with Crippen LogP contribution >= 0.6 is 0 Å². The molecule has 2 heteroatoms.